The summed E-state index contributed by atoms with van der Waals surface area (Å²) in [6, 6.07) is 11.0. The number of amides is 1. The predicted molar refractivity (Wildman–Crippen MR) is 104 cm³/mol. The molecule has 2 atom stereocenters. The lowest BCUT2D eigenvalue weighted by atomic mass is 9.79. The van der Waals surface area contributed by atoms with Crippen LogP contribution in [0.25, 0.3) is 0 Å². The zero-order chi connectivity index (χ0) is 20.5. The van der Waals surface area contributed by atoms with Crippen molar-refractivity contribution in [3.63, 3.8) is 0 Å². The number of methoxy groups -OCH3 is 1. The van der Waals surface area contributed by atoms with Crippen molar-refractivity contribution >= 4 is 23.6 Å². The first-order valence-corrected chi connectivity index (χ1v) is 9.82. The molecule has 0 aliphatic carbocycles. The molecule has 0 radical (unpaired) electrons. The summed E-state index contributed by atoms with van der Waals surface area (Å²) >= 11 is 1.02. The molecule has 1 aliphatic heterocycles. The number of benzene rings is 1. The van der Waals surface area contributed by atoms with Gasteiger partial charge in [-0.2, -0.15) is 10.5 Å². The van der Waals surface area contributed by atoms with E-state index in [9.17, 15) is 20.1 Å². The van der Waals surface area contributed by atoms with Crippen molar-refractivity contribution < 1.29 is 19.1 Å². The fourth-order valence-corrected chi connectivity index (χ4v) is 3.69. The molecule has 2 rings (SSSR count). The Bertz CT molecular complexity index is 854. The first-order chi connectivity index (χ1) is 13.6. The maximum Gasteiger partial charge on any atom is 0.316 e. The summed E-state index contributed by atoms with van der Waals surface area (Å²) < 4.78 is 10.5. The molecule has 0 saturated carbocycles. The molecule has 7 nitrogen and oxygen atoms in total. The van der Waals surface area contributed by atoms with E-state index >= 15 is 0 Å². The highest BCUT2D eigenvalue weighted by Gasteiger charge is 2.40. The van der Waals surface area contributed by atoms with Gasteiger partial charge in [0, 0.05) is 5.56 Å². The zero-order valence-corrected chi connectivity index (χ0v) is 16.5. The van der Waals surface area contributed by atoms with Crippen LogP contribution in [0.5, 0.6) is 5.75 Å². The third kappa shape index (κ3) is 4.85. The lowest BCUT2D eigenvalue weighted by Gasteiger charge is -2.29. The molecule has 8 heteroatoms. The number of allylic oxidation sites excluding steroid dienone is 1. The molecule has 146 valence electrons. The van der Waals surface area contributed by atoms with Crippen molar-refractivity contribution in [2.45, 2.75) is 25.7 Å². The van der Waals surface area contributed by atoms with Crippen LogP contribution < -0.4 is 10.1 Å². The Morgan fingerprint density at radius 1 is 1.32 bits per heavy atom. The minimum Gasteiger partial charge on any atom is -0.496 e. The number of para-hydroxylation sites is 1. The highest BCUT2D eigenvalue weighted by molar-refractivity contribution is 8.03. The van der Waals surface area contributed by atoms with E-state index in [1.54, 1.807) is 24.3 Å². The van der Waals surface area contributed by atoms with Gasteiger partial charge >= 0.3 is 5.97 Å². The highest BCUT2D eigenvalue weighted by Crippen LogP contribution is 2.42. The van der Waals surface area contributed by atoms with Gasteiger partial charge in [0.1, 0.15) is 11.7 Å². The molecule has 1 aliphatic rings. The van der Waals surface area contributed by atoms with Crippen molar-refractivity contribution in [2.75, 3.05) is 19.5 Å². The van der Waals surface area contributed by atoms with Crippen LogP contribution in [0, 0.1) is 28.6 Å². The van der Waals surface area contributed by atoms with Crippen LogP contribution in [-0.2, 0) is 14.3 Å². The van der Waals surface area contributed by atoms with Gasteiger partial charge in [-0.1, -0.05) is 43.3 Å². The molecular weight excluding hydrogens is 378 g/mol. The first-order valence-electron chi connectivity index (χ1n) is 8.83. The Morgan fingerprint density at radius 3 is 2.71 bits per heavy atom. The minimum atomic E-state index is -1.08. The Labute approximate surface area is 168 Å². The summed E-state index contributed by atoms with van der Waals surface area (Å²) in [4.78, 5) is 24.4. The van der Waals surface area contributed by atoms with Crippen LogP contribution in [0.3, 0.4) is 0 Å². The molecule has 0 aromatic heterocycles. The molecule has 1 N–H and O–H groups in total. The fraction of sp³-hybridized carbons (Fsp3) is 0.400. The molecule has 0 fully saturated rings. The van der Waals surface area contributed by atoms with Crippen molar-refractivity contribution in [3.05, 3.63) is 40.4 Å². The van der Waals surface area contributed by atoms with Crippen LogP contribution in [0.4, 0.5) is 0 Å². The maximum atomic E-state index is 12.5. The number of nitrogens with zero attached hydrogens (tertiary/aromatic N) is 2. The van der Waals surface area contributed by atoms with E-state index in [0.29, 0.717) is 17.9 Å². The largest absolute Gasteiger partial charge is 0.496 e. The number of hydrogen-bond donors (Lipinski definition) is 1. The number of nitriles is 2. The predicted octanol–water partition coefficient (Wildman–Crippen LogP) is 2.86. The topological polar surface area (TPSA) is 112 Å². The summed E-state index contributed by atoms with van der Waals surface area (Å²) in [6.07, 6.45) is 1.69. The Balaban J connectivity index is 2.34. The second-order valence-corrected chi connectivity index (χ2v) is 7.02. The van der Waals surface area contributed by atoms with E-state index in [0.717, 1.165) is 24.6 Å². The summed E-state index contributed by atoms with van der Waals surface area (Å²) in [5.74, 6) is -2.35. The number of carbonyl (C=O) groups is 2. The van der Waals surface area contributed by atoms with E-state index in [-0.39, 0.29) is 16.4 Å². The number of rotatable bonds is 8. The zero-order valence-electron chi connectivity index (χ0n) is 15.7. The SMILES string of the molecule is CCCCOC(=O)CSC1=C(C#N)[C@@H](c2ccccc2OC)[C@H](C#N)C(=O)N1. The molecule has 28 heavy (non-hydrogen) atoms. The number of unbranched alkanes of at least 4 members (excludes halogenated alkanes) is 1. The molecule has 0 saturated heterocycles. The van der Waals surface area contributed by atoms with Crippen LogP contribution in [0.2, 0.25) is 0 Å². The third-order valence-electron chi connectivity index (χ3n) is 4.24. The second-order valence-electron chi connectivity index (χ2n) is 6.03. The van der Waals surface area contributed by atoms with Crippen LogP contribution in [0.1, 0.15) is 31.2 Å². The maximum absolute atomic E-state index is 12.5. The monoisotopic (exact) mass is 399 g/mol. The van der Waals surface area contributed by atoms with Gasteiger partial charge in [-0.05, 0) is 12.5 Å². The van der Waals surface area contributed by atoms with Crippen molar-refractivity contribution in [2.24, 2.45) is 5.92 Å². The quantitative estimate of drug-likeness (QED) is 0.528. The Kier molecular flexibility index (Phi) is 7.91. The van der Waals surface area contributed by atoms with Gasteiger partial charge in [0.2, 0.25) is 5.91 Å². The Hall–Kier alpha value is -2.97. The van der Waals surface area contributed by atoms with E-state index in [4.69, 9.17) is 9.47 Å². The van der Waals surface area contributed by atoms with Crippen molar-refractivity contribution in [1.29, 1.82) is 10.5 Å². The van der Waals surface area contributed by atoms with Gasteiger partial charge in [0.05, 0.1) is 48.1 Å². The summed E-state index contributed by atoms with van der Waals surface area (Å²) in [5, 5.41) is 22.1. The summed E-state index contributed by atoms with van der Waals surface area (Å²) in [7, 11) is 1.49. The van der Waals surface area contributed by atoms with E-state index in [2.05, 4.69) is 11.4 Å². The molecule has 0 unspecified atom stereocenters. The van der Waals surface area contributed by atoms with E-state index in [1.807, 2.05) is 13.0 Å². The number of carbonyl (C=O) groups excluding carboxylic acids is 2. The molecule has 0 spiro atoms. The van der Waals surface area contributed by atoms with Gasteiger partial charge in [0.25, 0.3) is 0 Å². The third-order valence-corrected chi connectivity index (χ3v) is 5.23. The van der Waals surface area contributed by atoms with Crippen LogP contribution >= 0.6 is 11.8 Å². The first kappa shape index (κ1) is 21.3. The van der Waals surface area contributed by atoms with E-state index < -0.39 is 23.7 Å². The summed E-state index contributed by atoms with van der Waals surface area (Å²) in [5.41, 5.74) is 0.800. The van der Waals surface area contributed by atoms with Crippen LogP contribution in [0.15, 0.2) is 34.9 Å². The highest BCUT2D eigenvalue weighted by atomic mass is 32.2. The normalized spacial score (nSPS) is 18.6. The van der Waals surface area contributed by atoms with Gasteiger partial charge in [-0.3, -0.25) is 9.59 Å². The molecule has 1 amide bonds. The van der Waals surface area contributed by atoms with E-state index in [1.165, 1.54) is 7.11 Å². The van der Waals surface area contributed by atoms with Crippen molar-refractivity contribution in [1.82, 2.24) is 5.32 Å². The standard InChI is InChI=1S/C20H21N3O4S/c1-3-4-9-27-17(24)12-28-20-15(11-22)18(14(10-21)19(25)23-20)13-7-5-6-8-16(13)26-2/h5-8,14,18H,3-4,9,12H2,1-2H3,(H,23,25)/t14-,18-/m0/s1. The number of ether oxygens (including phenoxy) is 2. The number of esters is 1. The molecule has 0 bridgehead atoms. The lowest BCUT2D eigenvalue weighted by molar-refractivity contribution is -0.140. The fourth-order valence-electron chi connectivity index (χ4n) is 2.85. The van der Waals surface area contributed by atoms with Crippen molar-refractivity contribution in [3.8, 4) is 17.9 Å². The molecule has 1 aromatic carbocycles. The molecule has 1 heterocycles. The number of nitrogens with one attached hydrogen (secondary N) is 1. The van der Waals surface area contributed by atoms with Gasteiger partial charge < -0.3 is 14.8 Å². The van der Waals surface area contributed by atoms with Crippen LogP contribution in [-0.4, -0.2) is 31.3 Å². The minimum absolute atomic E-state index is 0.0413. The molecule has 1 aromatic rings. The average molecular weight is 399 g/mol. The Morgan fingerprint density at radius 2 is 2.07 bits per heavy atom. The van der Waals surface area contributed by atoms with Gasteiger partial charge in [0.15, 0.2) is 0 Å². The second kappa shape index (κ2) is 10.4. The number of hydrogen-bond acceptors (Lipinski definition) is 7. The lowest BCUT2D eigenvalue weighted by Crippen LogP contribution is -2.39. The van der Waals surface area contributed by atoms with Gasteiger partial charge in [-0.15, -0.1) is 0 Å². The average Bonchev–Trinajstić information content (AvgIpc) is 2.71. The number of thioether (sulfide) groups is 1. The smallest absolute Gasteiger partial charge is 0.316 e. The molecular formula is C20H21N3O4S. The van der Waals surface area contributed by atoms with Gasteiger partial charge in [-0.25, -0.2) is 0 Å². The summed E-state index contributed by atoms with van der Waals surface area (Å²) in [6.45, 7) is 2.33.